The third-order valence-corrected chi connectivity index (χ3v) is 4.46. The van der Waals surface area contributed by atoms with Crippen molar-refractivity contribution in [1.29, 1.82) is 0 Å². The Balaban J connectivity index is 1.83. The lowest BCUT2D eigenvalue weighted by Crippen LogP contribution is -2.43. The van der Waals surface area contributed by atoms with Crippen LogP contribution in [0.2, 0.25) is 0 Å². The second-order valence-corrected chi connectivity index (χ2v) is 6.06. The molecule has 0 aromatic carbocycles. The molecule has 1 N–H and O–H groups in total. The first-order valence-electron chi connectivity index (χ1n) is 8.13. The van der Waals surface area contributed by atoms with Crippen molar-refractivity contribution in [1.82, 2.24) is 24.6 Å². The topological polar surface area (TPSA) is 45.5 Å². The molecule has 1 aliphatic rings. The minimum absolute atomic E-state index is 0.913. The molecule has 1 saturated heterocycles. The quantitative estimate of drug-likeness (QED) is 0.805. The zero-order valence-electron chi connectivity index (χ0n) is 13.4. The summed E-state index contributed by atoms with van der Waals surface area (Å²) in [6.45, 7) is 7.29. The van der Waals surface area contributed by atoms with E-state index < -0.39 is 0 Å². The Bertz CT molecular complexity index is 803. The molecule has 23 heavy (non-hydrogen) atoms. The highest BCUT2D eigenvalue weighted by Gasteiger charge is 2.19. The molecule has 4 heterocycles. The minimum atomic E-state index is 0.913. The van der Waals surface area contributed by atoms with E-state index in [9.17, 15) is 0 Å². The van der Waals surface area contributed by atoms with Gasteiger partial charge >= 0.3 is 0 Å². The van der Waals surface area contributed by atoms with E-state index in [-0.39, 0.29) is 0 Å². The largest absolute Gasteiger partial charge is 0.314 e. The molecule has 0 atom stereocenters. The molecular formula is C18H21N5. The smallest absolute Gasteiger partial charge is 0.140 e. The Labute approximate surface area is 136 Å². The average molecular weight is 307 g/mol. The fourth-order valence-corrected chi connectivity index (χ4v) is 3.22. The van der Waals surface area contributed by atoms with Crippen LogP contribution in [-0.4, -0.2) is 45.4 Å². The highest BCUT2D eigenvalue weighted by Crippen LogP contribution is 2.26. The molecule has 0 bridgehead atoms. The molecule has 4 rings (SSSR count). The van der Waals surface area contributed by atoms with Crippen molar-refractivity contribution in [3.05, 3.63) is 54.1 Å². The number of rotatable bonds is 3. The molecule has 1 fully saturated rings. The summed E-state index contributed by atoms with van der Waals surface area (Å²) in [7, 11) is 0. The van der Waals surface area contributed by atoms with E-state index in [2.05, 4.69) is 50.9 Å². The van der Waals surface area contributed by atoms with E-state index in [1.165, 1.54) is 11.3 Å². The average Bonchev–Trinajstić information content (AvgIpc) is 2.97. The molecular weight excluding hydrogens is 286 g/mol. The van der Waals surface area contributed by atoms with E-state index in [0.29, 0.717) is 0 Å². The Morgan fingerprint density at radius 3 is 2.83 bits per heavy atom. The summed E-state index contributed by atoms with van der Waals surface area (Å²) in [6, 6.07) is 8.27. The SMILES string of the molecule is Cc1cccn2c(CN3CCNCC3)c(-c3cccnc3)nc12. The lowest BCUT2D eigenvalue weighted by atomic mass is 10.1. The van der Waals surface area contributed by atoms with Crippen molar-refractivity contribution in [3.8, 4) is 11.3 Å². The normalized spacial score (nSPS) is 16.0. The first-order valence-corrected chi connectivity index (χ1v) is 8.13. The number of piperazine rings is 1. The molecule has 0 aliphatic carbocycles. The van der Waals surface area contributed by atoms with Gasteiger partial charge in [0.15, 0.2) is 0 Å². The molecule has 0 amide bonds. The van der Waals surface area contributed by atoms with Gasteiger partial charge in [0, 0.05) is 56.9 Å². The van der Waals surface area contributed by atoms with Crippen molar-refractivity contribution in [2.45, 2.75) is 13.5 Å². The molecule has 0 saturated carbocycles. The highest BCUT2D eigenvalue weighted by atomic mass is 15.2. The lowest BCUT2D eigenvalue weighted by Gasteiger charge is -2.27. The van der Waals surface area contributed by atoms with E-state index in [4.69, 9.17) is 4.98 Å². The van der Waals surface area contributed by atoms with Gasteiger partial charge in [-0.05, 0) is 30.7 Å². The summed E-state index contributed by atoms with van der Waals surface area (Å²) in [6.07, 6.45) is 5.83. The summed E-state index contributed by atoms with van der Waals surface area (Å²) in [5.74, 6) is 0. The van der Waals surface area contributed by atoms with E-state index in [0.717, 1.165) is 49.6 Å². The van der Waals surface area contributed by atoms with Crippen LogP contribution in [0.1, 0.15) is 11.3 Å². The van der Waals surface area contributed by atoms with Gasteiger partial charge in [-0.1, -0.05) is 6.07 Å². The van der Waals surface area contributed by atoms with Gasteiger partial charge in [0.05, 0.1) is 11.4 Å². The van der Waals surface area contributed by atoms with Crippen molar-refractivity contribution in [2.24, 2.45) is 0 Å². The number of aryl methyl sites for hydroxylation is 1. The molecule has 0 radical (unpaired) electrons. The Morgan fingerprint density at radius 2 is 2.04 bits per heavy atom. The van der Waals surface area contributed by atoms with Gasteiger partial charge < -0.3 is 9.72 Å². The van der Waals surface area contributed by atoms with Gasteiger partial charge in [-0.25, -0.2) is 4.98 Å². The number of pyridine rings is 2. The van der Waals surface area contributed by atoms with Crippen molar-refractivity contribution < 1.29 is 0 Å². The fraction of sp³-hybridized carbons (Fsp3) is 0.333. The molecule has 0 spiro atoms. The molecule has 3 aromatic heterocycles. The van der Waals surface area contributed by atoms with Gasteiger partial charge in [0.1, 0.15) is 5.65 Å². The first kappa shape index (κ1) is 14.4. The Kier molecular flexibility index (Phi) is 3.81. The van der Waals surface area contributed by atoms with Crippen LogP contribution in [0.5, 0.6) is 0 Å². The third-order valence-electron chi connectivity index (χ3n) is 4.46. The van der Waals surface area contributed by atoms with Crippen molar-refractivity contribution in [2.75, 3.05) is 26.2 Å². The molecule has 5 heteroatoms. The van der Waals surface area contributed by atoms with E-state index in [1.54, 1.807) is 6.20 Å². The zero-order chi connectivity index (χ0) is 15.6. The molecule has 0 unspecified atom stereocenters. The highest BCUT2D eigenvalue weighted by molar-refractivity contribution is 5.67. The maximum atomic E-state index is 4.93. The number of imidazole rings is 1. The molecule has 1 aliphatic heterocycles. The van der Waals surface area contributed by atoms with Crippen LogP contribution in [0.3, 0.4) is 0 Å². The molecule has 3 aromatic rings. The lowest BCUT2D eigenvalue weighted by molar-refractivity contribution is 0.230. The minimum Gasteiger partial charge on any atom is -0.314 e. The van der Waals surface area contributed by atoms with Gasteiger partial charge in [-0.2, -0.15) is 0 Å². The van der Waals surface area contributed by atoms with Crippen LogP contribution >= 0.6 is 0 Å². The second-order valence-electron chi connectivity index (χ2n) is 6.06. The third kappa shape index (κ3) is 2.73. The maximum Gasteiger partial charge on any atom is 0.140 e. The number of nitrogens with one attached hydrogen (secondary N) is 1. The molecule has 118 valence electrons. The zero-order valence-corrected chi connectivity index (χ0v) is 13.4. The predicted molar refractivity (Wildman–Crippen MR) is 91.3 cm³/mol. The van der Waals surface area contributed by atoms with Crippen LogP contribution in [0.25, 0.3) is 16.9 Å². The predicted octanol–water partition coefficient (Wildman–Crippen LogP) is 2.11. The second kappa shape index (κ2) is 6.10. The fourth-order valence-electron chi connectivity index (χ4n) is 3.22. The van der Waals surface area contributed by atoms with Crippen LogP contribution in [0.15, 0.2) is 42.9 Å². The number of fused-ring (bicyclic) bond motifs is 1. The number of aromatic nitrogens is 3. The summed E-state index contributed by atoms with van der Waals surface area (Å²) in [5, 5.41) is 3.41. The van der Waals surface area contributed by atoms with Crippen molar-refractivity contribution >= 4 is 5.65 Å². The number of hydrogen-bond acceptors (Lipinski definition) is 4. The van der Waals surface area contributed by atoms with Crippen LogP contribution in [0, 0.1) is 6.92 Å². The maximum absolute atomic E-state index is 4.93. The van der Waals surface area contributed by atoms with E-state index >= 15 is 0 Å². The number of hydrogen-bond donors (Lipinski definition) is 1. The van der Waals surface area contributed by atoms with Crippen LogP contribution in [0.4, 0.5) is 0 Å². The van der Waals surface area contributed by atoms with Crippen LogP contribution in [-0.2, 0) is 6.54 Å². The first-order chi connectivity index (χ1) is 11.3. The van der Waals surface area contributed by atoms with Gasteiger partial charge in [-0.15, -0.1) is 0 Å². The summed E-state index contributed by atoms with van der Waals surface area (Å²) in [4.78, 5) is 11.7. The van der Waals surface area contributed by atoms with E-state index in [1.807, 2.05) is 12.3 Å². The summed E-state index contributed by atoms with van der Waals surface area (Å²) in [5.41, 5.74) is 5.62. The Hall–Kier alpha value is -2.24. The Morgan fingerprint density at radius 1 is 1.17 bits per heavy atom. The summed E-state index contributed by atoms with van der Waals surface area (Å²) >= 11 is 0. The standard InChI is InChI=1S/C18H21N5/c1-14-4-3-9-23-16(13-22-10-7-19-8-11-22)17(21-18(14)23)15-5-2-6-20-12-15/h2-6,9,12,19H,7-8,10-11,13H2,1H3. The molecule has 5 nitrogen and oxygen atoms in total. The van der Waals surface area contributed by atoms with Crippen LogP contribution < -0.4 is 5.32 Å². The van der Waals surface area contributed by atoms with Gasteiger partial charge in [-0.3, -0.25) is 9.88 Å². The monoisotopic (exact) mass is 307 g/mol. The van der Waals surface area contributed by atoms with Crippen molar-refractivity contribution in [3.63, 3.8) is 0 Å². The van der Waals surface area contributed by atoms with Gasteiger partial charge in [0.25, 0.3) is 0 Å². The van der Waals surface area contributed by atoms with Gasteiger partial charge in [0.2, 0.25) is 0 Å². The summed E-state index contributed by atoms with van der Waals surface area (Å²) < 4.78 is 2.24. The number of nitrogens with zero attached hydrogens (tertiary/aromatic N) is 4.